The number of ether oxygens (including phenoxy) is 1. The van der Waals surface area contributed by atoms with Gasteiger partial charge in [0.1, 0.15) is 11.2 Å². The molecule has 1 saturated carbocycles. The second-order valence-corrected chi connectivity index (χ2v) is 8.17. The molecular weight excluding hydrogens is 341 g/mol. The Balaban J connectivity index is 2.08. The highest BCUT2D eigenvalue weighted by molar-refractivity contribution is 7.92. The molecule has 0 bridgehead atoms. The van der Waals surface area contributed by atoms with Crippen LogP contribution in [0, 0.1) is 22.6 Å². The van der Waals surface area contributed by atoms with Crippen LogP contribution in [0.3, 0.4) is 0 Å². The highest BCUT2D eigenvalue weighted by Crippen LogP contribution is 2.63. The van der Waals surface area contributed by atoms with Crippen molar-refractivity contribution in [3.8, 4) is 6.07 Å². The topological polar surface area (TPSA) is 67.2 Å². The molecule has 25 heavy (non-hydrogen) atoms. The first-order valence-corrected chi connectivity index (χ1v) is 9.55. The minimum Gasteiger partial charge on any atom is -0.380 e. The standard InChI is InChI=1S/C19H18FNO3S/c1-2-24-13-19(12-21)17(14-7-6-8-15(20)11-14)18(19)25(22,23)16-9-4-3-5-10-16/h3-11,17-18H,2,13H2,1H3/t17-,18-,19-/m1/s1. The van der Waals surface area contributed by atoms with Crippen LogP contribution in [-0.2, 0) is 14.6 Å². The number of nitrogens with zero attached hydrogens (tertiary/aromatic N) is 1. The van der Waals surface area contributed by atoms with Gasteiger partial charge in [0.2, 0.25) is 0 Å². The Morgan fingerprint density at radius 2 is 1.92 bits per heavy atom. The van der Waals surface area contributed by atoms with Gasteiger partial charge in [-0.3, -0.25) is 0 Å². The van der Waals surface area contributed by atoms with E-state index in [9.17, 15) is 18.1 Å². The molecule has 130 valence electrons. The number of rotatable bonds is 6. The van der Waals surface area contributed by atoms with E-state index in [1.165, 1.54) is 30.3 Å². The number of benzene rings is 2. The third-order valence-corrected chi connectivity index (χ3v) is 6.91. The number of hydrogen-bond donors (Lipinski definition) is 0. The first kappa shape index (κ1) is 17.6. The summed E-state index contributed by atoms with van der Waals surface area (Å²) in [6, 6.07) is 16.0. The third kappa shape index (κ3) is 2.94. The molecule has 1 aliphatic rings. The Bertz CT molecular complexity index is 908. The van der Waals surface area contributed by atoms with E-state index in [0.29, 0.717) is 12.2 Å². The molecule has 2 aromatic rings. The lowest BCUT2D eigenvalue weighted by Crippen LogP contribution is -2.19. The van der Waals surface area contributed by atoms with Crippen molar-refractivity contribution in [3.05, 3.63) is 66.0 Å². The lowest BCUT2D eigenvalue weighted by molar-refractivity contribution is 0.117. The maximum Gasteiger partial charge on any atom is 0.183 e. The van der Waals surface area contributed by atoms with Gasteiger partial charge in [0.25, 0.3) is 0 Å². The second-order valence-electron chi connectivity index (χ2n) is 6.10. The molecule has 2 aromatic carbocycles. The van der Waals surface area contributed by atoms with Gasteiger partial charge in [-0.15, -0.1) is 0 Å². The zero-order valence-corrected chi connectivity index (χ0v) is 14.5. The molecule has 0 heterocycles. The molecule has 6 heteroatoms. The van der Waals surface area contributed by atoms with Crippen molar-refractivity contribution in [2.45, 2.75) is 23.0 Å². The average molecular weight is 359 g/mol. The molecule has 0 radical (unpaired) electrons. The van der Waals surface area contributed by atoms with E-state index in [-0.39, 0.29) is 11.5 Å². The molecule has 0 aromatic heterocycles. The molecular formula is C19H18FNO3S. The van der Waals surface area contributed by atoms with Crippen LogP contribution in [0.5, 0.6) is 0 Å². The molecule has 0 aliphatic heterocycles. The largest absolute Gasteiger partial charge is 0.380 e. The Hall–Kier alpha value is -2.23. The number of nitriles is 1. The summed E-state index contributed by atoms with van der Waals surface area (Å²) >= 11 is 0. The van der Waals surface area contributed by atoms with Gasteiger partial charge in [0.15, 0.2) is 9.84 Å². The van der Waals surface area contributed by atoms with Crippen molar-refractivity contribution in [2.24, 2.45) is 5.41 Å². The summed E-state index contributed by atoms with van der Waals surface area (Å²) in [7, 11) is -3.75. The normalized spacial score (nSPS) is 25.3. The summed E-state index contributed by atoms with van der Waals surface area (Å²) in [5.74, 6) is -1.08. The fraction of sp³-hybridized carbons (Fsp3) is 0.316. The SMILES string of the molecule is CCOC[C@]1(C#N)[C@H](c2cccc(F)c2)[C@H]1S(=O)(=O)c1ccccc1. The van der Waals surface area contributed by atoms with E-state index in [1.807, 2.05) is 0 Å². The van der Waals surface area contributed by atoms with Gasteiger partial charge >= 0.3 is 0 Å². The van der Waals surface area contributed by atoms with Crippen LogP contribution in [0.25, 0.3) is 0 Å². The van der Waals surface area contributed by atoms with E-state index in [4.69, 9.17) is 4.74 Å². The van der Waals surface area contributed by atoms with Crippen molar-refractivity contribution >= 4 is 9.84 Å². The summed E-state index contributed by atoms with van der Waals surface area (Å²) in [5, 5.41) is 8.82. The molecule has 3 atom stereocenters. The van der Waals surface area contributed by atoms with E-state index >= 15 is 0 Å². The first-order chi connectivity index (χ1) is 12.0. The average Bonchev–Trinajstić information content (AvgIpc) is 3.31. The van der Waals surface area contributed by atoms with Crippen LogP contribution < -0.4 is 0 Å². The van der Waals surface area contributed by atoms with Crippen LogP contribution in [0.15, 0.2) is 59.5 Å². The monoisotopic (exact) mass is 359 g/mol. The van der Waals surface area contributed by atoms with Crippen LogP contribution in [0.1, 0.15) is 18.4 Å². The second kappa shape index (κ2) is 6.58. The Morgan fingerprint density at radius 3 is 2.52 bits per heavy atom. The highest BCUT2D eigenvalue weighted by atomic mass is 32.2. The molecule has 0 spiro atoms. The molecule has 0 unspecified atom stereocenters. The van der Waals surface area contributed by atoms with Crippen LogP contribution in [0.4, 0.5) is 4.39 Å². The minimum absolute atomic E-state index is 0.00207. The van der Waals surface area contributed by atoms with Gasteiger partial charge in [-0.05, 0) is 36.8 Å². The fourth-order valence-electron chi connectivity index (χ4n) is 3.40. The molecule has 3 rings (SSSR count). The van der Waals surface area contributed by atoms with Gasteiger partial charge in [0, 0.05) is 12.5 Å². The van der Waals surface area contributed by atoms with Crippen LogP contribution >= 0.6 is 0 Å². The first-order valence-electron chi connectivity index (χ1n) is 8.01. The van der Waals surface area contributed by atoms with E-state index < -0.39 is 32.2 Å². The summed E-state index contributed by atoms with van der Waals surface area (Å²) in [6.45, 7) is 2.15. The summed E-state index contributed by atoms with van der Waals surface area (Å²) < 4.78 is 45.3. The Labute approximate surface area is 146 Å². The Kier molecular flexibility index (Phi) is 4.63. The molecule has 0 saturated heterocycles. The predicted octanol–water partition coefficient (Wildman–Crippen LogP) is 3.31. The van der Waals surface area contributed by atoms with Crippen molar-refractivity contribution in [2.75, 3.05) is 13.2 Å². The molecule has 0 amide bonds. The lowest BCUT2D eigenvalue weighted by Gasteiger charge is -2.09. The van der Waals surface area contributed by atoms with E-state index in [2.05, 4.69) is 6.07 Å². The lowest BCUT2D eigenvalue weighted by atomic mass is 10.0. The zero-order valence-electron chi connectivity index (χ0n) is 13.7. The van der Waals surface area contributed by atoms with Gasteiger partial charge in [-0.25, -0.2) is 12.8 Å². The fourth-order valence-corrected chi connectivity index (χ4v) is 5.73. The third-order valence-electron chi connectivity index (χ3n) is 4.62. The predicted molar refractivity (Wildman–Crippen MR) is 91.1 cm³/mol. The van der Waals surface area contributed by atoms with E-state index in [1.54, 1.807) is 31.2 Å². The van der Waals surface area contributed by atoms with Gasteiger partial charge < -0.3 is 4.74 Å². The molecule has 1 aliphatic carbocycles. The van der Waals surface area contributed by atoms with Crippen molar-refractivity contribution in [3.63, 3.8) is 0 Å². The number of hydrogen-bond acceptors (Lipinski definition) is 4. The molecule has 1 fully saturated rings. The zero-order chi connectivity index (χ0) is 18.1. The van der Waals surface area contributed by atoms with Crippen molar-refractivity contribution < 1.29 is 17.5 Å². The maximum absolute atomic E-state index is 13.6. The summed E-state index contributed by atoms with van der Waals surface area (Å²) in [5.41, 5.74) is -0.705. The van der Waals surface area contributed by atoms with E-state index in [0.717, 1.165) is 0 Å². The van der Waals surface area contributed by atoms with Gasteiger partial charge in [-0.2, -0.15) is 5.26 Å². The van der Waals surface area contributed by atoms with Crippen molar-refractivity contribution in [1.29, 1.82) is 5.26 Å². The van der Waals surface area contributed by atoms with Gasteiger partial charge in [0.05, 0.1) is 22.8 Å². The summed E-state index contributed by atoms with van der Waals surface area (Å²) in [4.78, 5) is 0.162. The number of sulfone groups is 1. The quantitative estimate of drug-likeness (QED) is 0.794. The van der Waals surface area contributed by atoms with Crippen molar-refractivity contribution in [1.82, 2.24) is 0 Å². The van der Waals surface area contributed by atoms with Crippen LogP contribution in [-0.4, -0.2) is 26.9 Å². The van der Waals surface area contributed by atoms with Gasteiger partial charge in [-0.1, -0.05) is 30.3 Å². The molecule has 0 N–H and O–H groups in total. The summed E-state index contributed by atoms with van der Waals surface area (Å²) in [6.07, 6.45) is 0. The number of halogens is 1. The molecule has 4 nitrogen and oxygen atoms in total. The Morgan fingerprint density at radius 1 is 1.20 bits per heavy atom. The van der Waals surface area contributed by atoms with Crippen LogP contribution in [0.2, 0.25) is 0 Å². The minimum atomic E-state index is -3.75. The maximum atomic E-state index is 13.6. The smallest absolute Gasteiger partial charge is 0.183 e. The highest BCUT2D eigenvalue weighted by Gasteiger charge is 2.72.